The average molecular weight is 336 g/mol. The monoisotopic (exact) mass is 334 g/mol. The Balaban J connectivity index is 2.23. The van der Waals surface area contributed by atoms with Crippen molar-refractivity contribution in [2.45, 2.75) is 0 Å². The van der Waals surface area contributed by atoms with E-state index >= 15 is 0 Å². The fourth-order valence-electron chi connectivity index (χ4n) is 2.99. The highest BCUT2D eigenvalue weighted by molar-refractivity contribution is 7.57. The van der Waals surface area contributed by atoms with E-state index in [1.807, 2.05) is 42.5 Å². The van der Waals surface area contributed by atoms with E-state index in [1.165, 1.54) is 0 Å². The molecule has 0 N–H and O–H groups in total. The normalized spacial score (nSPS) is 15.2. The molecule has 0 atom stereocenters. The Kier molecular flexibility index (Phi) is 2.70. The molecule has 1 aliphatic heterocycles. The first-order chi connectivity index (χ1) is 9.60. The lowest BCUT2D eigenvalue weighted by molar-refractivity contribution is 1.73. The molecule has 0 aromatic heterocycles. The van der Waals surface area contributed by atoms with Gasteiger partial charge in [0.25, 0.3) is 0 Å². The standard InChI is InChI=1S/C16H9Cl3Si/c17-13-6-3-5-11-10(13)8-9-15-16(11)12-4-1-2-7-14(12)20(15,18)19/h1-9H. The summed E-state index contributed by atoms with van der Waals surface area (Å²) in [6.07, 6.45) is 0. The summed E-state index contributed by atoms with van der Waals surface area (Å²) in [4.78, 5) is 0. The predicted octanol–water partition coefficient (Wildman–Crippen LogP) is 4.51. The zero-order chi connectivity index (χ0) is 13.9. The molecule has 0 saturated carbocycles. The van der Waals surface area contributed by atoms with Gasteiger partial charge in [0.05, 0.1) is 0 Å². The quantitative estimate of drug-likeness (QED) is 0.419. The number of fused-ring (bicyclic) bond motifs is 5. The second-order valence-corrected chi connectivity index (χ2v) is 11.6. The number of rotatable bonds is 0. The van der Waals surface area contributed by atoms with Gasteiger partial charge >= 0.3 is 6.69 Å². The van der Waals surface area contributed by atoms with Crippen LogP contribution in [0.1, 0.15) is 0 Å². The van der Waals surface area contributed by atoms with Crippen molar-refractivity contribution >= 4 is 61.6 Å². The lowest BCUT2D eigenvalue weighted by Gasteiger charge is -2.13. The summed E-state index contributed by atoms with van der Waals surface area (Å²) in [5, 5.41) is 5.06. The molecule has 0 radical (unpaired) electrons. The van der Waals surface area contributed by atoms with Crippen molar-refractivity contribution in [3.63, 3.8) is 0 Å². The highest BCUT2D eigenvalue weighted by atomic mass is 35.7. The number of hydrogen-bond donors (Lipinski definition) is 0. The lowest BCUT2D eigenvalue weighted by atomic mass is 9.98. The third kappa shape index (κ3) is 1.55. The summed E-state index contributed by atoms with van der Waals surface area (Å²) in [7, 11) is 0. The van der Waals surface area contributed by atoms with Crippen molar-refractivity contribution in [2.24, 2.45) is 0 Å². The SMILES string of the molecule is Clc1cccc2c3c(ccc12)[Si](Cl)(Cl)c1ccccc1-3. The molecule has 0 unspecified atom stereocenters. The third-order valence-corrected chi connectivity index (χ3v) is 8.86. The van der Waals surface area contributed by atoms with Crippen LogP contribution in [0.25, 0.3) is 21.9 Å². The first kappa shape index (κ1) is 12.7. The summed E-state index contributed by atoms with van der Waals surface area (Å²) >= 11 is 19.8. The van der Waals surface area contributed by atoms with E-state index in [2.05, 4.69) is 12.1 Å². The summed E-state index contributed by atoms with van der Waals surface area (Å²) in [5.74, 6) is 0. The van der Waals surface area contributed by atoms with E-state index in [4.69, 9.17) is 33.8 Å². The smallest absolute Gasteiger partial charge is 0.134 e. The molecule has 3 aromatic carbocycles. The fourth-order valence-corrected chi connectivity index (χ4v) is 7.18. The summed E-state index contributed by atoms with van der Waals surface area (Å²) in [6.45, 7) is -2.61. The maximum absolute atomic E-state index is 6.74. The number of halogens is 3. The van der Waals surface area contributed by atoms with Gasteiger partial charge < -0.3 is 0 Å². The van der Waals surface area contributed by atoms with Crippen molar-refractivity contribution in [3.05, 3.63) is 59.6 Å². The Morgan fingerprint density at radius 1 is 0.700 bits per heavy atom. The largest absolute Gasteiger partial charge is 0.311 e. The summed E-state index contributed by atoms with van der Waals surface area (Å²) in [5.41, 5.74) is 2.30. The first-order valence-corrected chi connectivity index (χ1v) is 10.7. The maximum atomic E-state index is 6.74. The van der Waals surface area contributed by atoms with Gasteiger partial charge in [0.15, 0.2) is 0 Å². The van der Waals surface area contributed by atoms with E-state index in [9.17, 15) is 0 Å². The van der Waals surface area contributed by atoms with Gasteiger partial charge in [0, 0.05) is 10.4 Å². The molecule has 0 spiro atoms. The number of hydrogen-bond acceptors (Lipinski definition) is 0. The molecule has 3 aromatic rings. The van der Waals surface area contributed by atoms with Crippen molar-refractivity contribution in [1.82, 2.24) is 0 Å². The Morgan fingerprint density at radius 3 is 2.35 bits per heavy atom. The molecule has 0 amide bonds. The topological polar surface area (TPSA) is 0 Å². The van der Waals surface area contributed by atoms with Gasteiger partial charge in [-0.2, -0.15) is 0 Å². The molecule has 0 aliphatic carbocycles. The molecule has 4 rings (SSSR count). The molecule has 0 nitrogen and oxygen atoms in total. The van der Waals surface area contributed by atoms with Crippen LogP contribution in [-0.4, -0.2) is 6.69 Å². The minimum Gasteiger partial charge on any atom is -0.134 e. The minimum atomic E-state index is -2.61. The summed E-state index contributed by atoms with van der Waals surface area (Å²) < 4.78 is 0. The van der Waals surface area contributed by atoms with Crippen LogP contribution in [0.2, 0.25) is 5.02 Å². The Labute approximate surface area is 132 Å². The van der Waals surface area contributed by atoms with Gasteiger partial charge in [0.1, 0.15) is 0 Å². The Hall–Kier alpha value is -0.993. The fraction of sp³-hybridized carbons (Fsp3) is 0. The van der Waals surface area contributed by atoms with Crippen molar-refractivity contribution in [1.29, 1.82) is 0 Å². The average Bonchev–Trinajstić information content (AvgIpc) is 2.69. The van der Waals surface area contributed by atoms with Crippen LogP contribution in [0.3, 0.4) is 0 Å². The highest BCUT2D eigenvalue weighted by Gasteiger charge is 2.43. The Bertz CT molecular complexity index is 855. The van der Waals surface area contributed by atoms with E-state index in [1.54, 1.807) is 0 Å². The molecule has 0 saturated heterocycles. The molecule has 1 heterocycles. The predicted molar refractivity (Wildman–Crippen MR) is 91.1 cm³/mol. The van der Waals surface area contributed by atoms with Gasteiger partial charge in [-0.05, 0) is 33.0 Å². The molecule has 0 fully saturated rings. The molecule has 4 heteroatoms. The van der Waals surface area contributed by atoms with E-state index < -0.39 is 6.69 Å². The second kappa shape index (κ2) is 4.25. The highest BCUT2D eigenvalue weighted by Crippen LogP contribution is 2.38. The van der Waals surface area contributed by atoms with Gasteiger partial charge in [0.2, 0.25) is 0 Å². The zero-order valence-corrected chi connectivity index (χ0v) is 13.6. The van der Waals surface area contributed by atoms with Crippen molar-refractivity contribution in [2.75, 3.05) is 0 Å². The van der Waals surface area contributed by atoms with Crippen LogP contribution in [-0.2, 0) is 0 Å². The maximum Gasteiger partial charge on any atom is 0.311 e. The van der Waals surface area contributed by atoms with Crippen LogP contribution >= 0.6 is 33.8 Å². The molecule has 0 bridgehead atoms. The van der Waals surface area contributed by atoms with Crippen molar-refractivity contribution < 1.29 is 0 Å². The van der Waals surface area contributed by atoms with E-state index in [-0.39, 0.29) is 0 Å². The molecule has 20 heavy (non-hydrogen) atoms. The minimum absolute atomic E-state index is 0.756. The van der Waals surface area contributed by atoms with Crippen LogP contribution in [0.5, 0.6) is 0 Å². The molecule has 1 aliphatic rings. The molecule has 98 valence electrons. The van der Waals surface area contributed by atoms with Gasteiger partial charge in [-0.25, -0.2) is 0 Å². The molecular weight excluding hydrogens is 327 g/mol. The van der Waals surface area contributed by atoms with Crippen LogP contribution in [0.15, 0.2) is 54.6 Å². The van der Waals surface area contributed by atoms with Crippen LogP contribution in [0.4, 0.5) is 0 Å². The van der Waals surface area contributed by atoms with Gasteiger partial charge in [-0.3, -0.25) is 0 Å². The second-order valence-electron chi connectivity index (χ2n) is 4.94. The third-order valence-electron chi connectivity index (χ3n) is 3.88. The molecular formula is C16H9Cl3Si. The number of benzene rings is 3. The Morgan fingerprint density at radius 2 is 1.50 bits per heavy atom. The van der Waals surface area contributed by atoms with Gasteiger partial charge in [-0.15, -0.1) is 22.2 Å². The first-order valence-electron chi connectivity index (χ1n) is 6.30. The van der Waals surface area contributed by atoms with Crippen molar-refractivity contribution in [3.8, 4) is 11.1 Å². The van der Waals surface area contributed by atoms with Gasteiger partial charge in [-0.1, -0.05) is 60.1 Å². The summed E-state index contributed by atoms with van der Waals surface area (Å²) in [6, 6.07) is 18.2. The lowest BCUT2D eigenvalue weighted by Crippen LogP contribution is -2.44. The van der Waals surface area contributed by atoms with E-state index in [0.29, 0.717) is 0 Å². The zero-order valence-electron chi connectivity index (χ0n) is 10.3. The van der Waals surface area contributed by atoms with Crippen LogP contribution in [0, 0.1) is 0 Å². The van der Waals surface area contributed by atoms with Crippen LogP contribution < -0.4 is 10.4 Å². The van der Waals surface area contributed by atoms with E-state index in [0.717, 1.165) is 37.3 Å².